The average molecular weight is 457 g/mol. The maximum atomic E-state index is 11.9. The highest BCUT2D eigenvalue weighted by Gasteiger charge is 2.31. The highest BCUT2D eigenvalue weighted by Crippen LogP contribution is 2.16. The van der Waals surface area contributed by atoms with E-state index in [9.17, 15) is 13.2 Å². The first-order valence-electron chi connectivity index (χ1n) is 9.73. The number of nitrogens with zero attached hydrogens (tertiary/aromatic N) is 5. The summed E-state index contributed by atoms with van der Waals surface area (Å²) in [6.07, 6.45) is 0. The molecule has 30 heavy (non-hydrogen) atoms. The number of hydrogen-bond acceptors (Lipinski definition) is 8. The Kier molecular flexibility index (Phi) is 7.42. The Hall–Kier alpha value is -2.05. The summed E-state index contributed by atoms with van der Waals surface area (Å²) in [5.41, 5.74) is 0. The Morgan fingerprint density at radius 2 is 1.90 bits per heavy atom. The predicted octanol–water partition coefficient (Wildman–Crippen LogP) is 0.384. The molecule has 0 aliphatic carbocycles. The Labute approximate surface area is 181 Å². The van der Waals surface area contributed by atoms with Gasteiger partial charge in [-0.25, -0.2) is 0 Å². The minimum absolute atomic E-state index is 0.0186. The van der Waals surface area contributed by atoms with Gasteiger partial charge in [0.05, 0.1) is 12.3 Å². The molecule has 2 aliphatic rings. The van der Waals surface area contributed by atoms with Gasteiger partial charge in [-0.05, 0) is 26.2 Å². The van der Waals surface area contributed by atoms with Crippen molar-refractivity contribution in [2.24, 2.45) is 8.80 Å². The molecule has 3 heterocycles. The molecule has 2 aliphatic heterocycles. The van der Waals surface area contributed by atoms with Crippen molar-refractivity contribution < 1.29 is 17.6 Å². The molecule has 0 bridgehead atoms. The van der Waals surface area contributed by atoms with Gasteiger partial charge in [-0.15, -0.1) is 8.80 Å². The van der Waals surface area contributed by atoms with Crippen LogP contribution in [-0.4, -0.2) is 93.3 Å². The van der Waals surface area contributed by atoms with Gasteiger partial charge in [0, 0.05) is 45.4 Å². The maximum absolute atomic E-state index is 11.9. The average Bonchev–Trinajstić information content (AvgIpc) is 3.24. The van der Waals surface area contributed by atoms with Gasteiger partial charge in [-0.3, -0.25) is 4.79 Å². The van der Waals surface area contributed by atoms with Gasteiger partial charge < -0.3 is 24.4 Å². The Morgan fingerprint density at radius 3 is 2.57 bits per heavy atom. The van der Waals surface area contributed by atoms with Crippen LogP contribution in [0.25, 0.3) is 0 Å². The molecule has 1 aromatic heterocycles. The molecule has 0 spiro atoms. The zero-order valence-electron chi connectivity index (χ0n) is 17.5. The van der Waals surface area contributed by atoms with Crippen molar-refractivity contribution in [1.82, 2.24) is 20.0 Å². The fourth-order valence-corrected chi connectivity index (χ4v) is 4.78. The molecule has 0 saturated carbocycles. The Balaban J connectivity index is 1.45. The summed E-state index contributed by atoms with van der Waals surface area (Å²) >= 11 is 1.69. The van der Waals surface area contributed by atoms with Gasteiger partial charge in [-0.2, -0.15) is 20.2 Å². The Bertz CT molecular complexity index is 917. The second-order valence-corrected chi connectivity index (χ2v) is 9.75. The minimum atomic E-state index is -3.85. The summed E-state index contributed by atoms with van der Waals surface area (Å²) in [4.78, 5) is 17.1. The van der Waals surface area contributed by atoms with Gasteiger partial charge in [0.15, 0.2) is 11.7 Å². The van der Waals surface area contributed by atoms with Gasteiger partial charge >= 0.3 is 10.2 Å². The first kappa shape index (κ1) is 22.6. The second kappa shape index (κ2) is 9.84. The maximum Gasteiger partial charge on any atom is 0.367 e. The van der Waals surface area contributed by atoms with Crippen LogP contribution in [0.15, 0.2) is 25.3 Å². The third kappa shape index (κ3) is 6.22. The van der Waals surface area contributed by atoms with Crippen molar-refractivity contribution in [1.29, 1.82) is 0 Å². The molecular weight excluding hydrogens is 428 g/mol. The molecule has 1 aromatic rings. The van der Waals surface area contributed by atoms with Crippen molar-refractivity contribution in [2.45, 2.75) is 19.2 Å². The number of amidine groups is 2. The zero-order chi connectivity index (χ0) is 21.7. The van der Waals surface area contributed by atoms with Crippen molar-refractivity contribution in [3.8, 4) is 0 Å². The molecule has 0 atom stereocenters. The smallest absolute Gasteiger partial charge is 0.367 e. The topological polar surface area (TPSA) is 111 Å². The van der Waals surface area contributed by atoms with Crippen LogP contribution in [0.4, 0.5) is 0 Å². The first-order valence-corrected chi connectivity index (χ1v) is 12.3. The van der Waals surface area contributed by atoms with Gasteiger partial charge in [0.2, 0.25) is 5.91 Å². The van der Waals surface area contributed by atoms with Gasteiger partial charge in [0.25, 0.3) is 0 Å². The number of furan rings is 1. The second-order valence-electron chi connectivity index (χ2n) is 7.38. The van der Waals surface area contributed by atoms with Crippen molar-refractivity contribution in [2.75, 3.05) is 52.6 Å². The summed E-state index contributed by atoms with van der Waals surface area (Å²) in [5.74, 6) is 3.99. The van der Waals surface area contributed by atoms with Gasteiger partial charge in [0.1, 0.15) is 11.5 Å². The van der Waals surface area contributed by atoms with Crippen LogP contribution in [0, 0.1) is 0 Å². The molecule has 3 rings (SSSR count). The fourth-order valence-electron chi connectivity index (χ4n) is 3.19. The highest BCUT2D eigenvalue weighted by molar-refractivity contribution is 7.98. The quantitative estimate of drug-likeness (QED) is 0.587. The number of amides is 1. The van der Waals surface area contributed by atoms with Crippen LogP contribution in [0.3, 0.4) is 0 Å². The van der Waals surface area contributed by atoms with Crippen molar-refractivity contribution in [3.05, 3.63) is 23.7 Å². The Morgan fingerprint density at radius 1 is 1.20 bits per heavy atom. The van der Waals surface area contributed by atoms with E-state index in [1.54, 1.807) is 16.7 Å². The lowest BCUT2D eigenvalue weighted by Crippen LogP contribution is -2.53. The molecule has 1 fully saturated rings. The summed E-state index contributed by atoms with van der Waals surface area (Å²) in [6.45, 7) is 4.98. The molecule has 1 N–H and O–H groups in total. The molecular formula is C18H28N6O4S2. The van der Waals surface area contributed by atoms with E-state index in [1.807, 2.05) is 31.1 Å². The first-order chi connectivity index (χ1) is 14.2. The van der Waals surface area contributed by atoms with E-state index in [-0.39, 0.29) is 11.7 Å². The number of rotatable bonds is 7. The molecule has 1 saturated heterocycles. The minimum Gasteiger partial charge on any atom is -0.464 e. The summed E-state index contributed by atoms with van der Waals surface area (Å²) in [7, 11) is 0.139. The summed E-state index contributed by atoms with van der Waals surface area (Å²) in [5, 5.41) is 3.10. The van der Waals surface area contributed by atoms with Crippen LogP contribution >= 0.6 is 11.8 Å². The third-order valence-corrected chi connectivity index (χ3v) is 6.42. The highest BCUT2D eigenvalue weighted by atomic mass is 32.2. The van der Waals surface area contributed by atoms with Crippen LogP contribution in [-0.2, 0) is 27.3 Å². The van der Waals surface area contributed by atoms with E-state index in [0.29, 0.717) is 38.6 Å². The molecule has 0 aromatic carbocycles. The summed E-state index contributed by atoms with van der Waals surface area (Å²) < 4.78 is 37.1. The lowest BCUT2D eigenvalue weighted by molar-refractivity contribution is -0.130. The van der Waals surface area contributed by atoms with Crippen LogP contribution in [0.1, 0.15) is 18.4 Å². The largest absolute Gasteiger partial charge is 0.464 e. The van der Waals surface area contributed by atoms with E-state index < -0.39 is 10.2 Å². The molecule has 0 unspecified atom stereocenters. The lowest BCUT2D eigenvalue weighted by Gasteiger charge is -2.35. The van der Waals surface area contributed by atoms with E-state index in [2.05, 4.69) is 19.0 Å². The van der Waals surface area contributed by atoms with Crippen LogP contribution in [0.2, 0.25) is 0 Å². The lowest BCUT2D eigenvalue weighted by atomic mass is 10.3. The van der Waals surface area contributed by atoms with E-state index in [0.717, 1.165) is 29.6 Å². The number of carbonyl (C=O) groups is 1. The van der Waals surface area contributed by atoms with Crippen LogP contribution in [0.5, 0.6) is 0 Å². The standard InChI is InChI=1S/C18H28N6O4S2/c1-14(25)23-7-9-24(10-8-23)18-17(20-30(26,27)21-18)19-6-11-29-13-16-5-4-15(28-16)12-22(2)3/h4-5H,6-13H2,1-3H3,(H,19,20). The van der Waals surface area contributed by atoms with Gasteiger partial charge in [-0.1, -0.05) is 0 Å². The number of hydrogen-bond donors (Lipinski definition) is 1. The zero-order valence-corrected chi connectivity index (χ0v) is 19.1. The molecule has 166 valence electrons. The number of carbonyl (C=O) groups excluding carboxylic acids is 1. The number of piperazine rings is 1. The summed E-state index contributed by atoms with van der Waals surface area (Å²) in [6, 6.07) is 3.97. The normalized spacial score (nSPS) is 18.5. The monoisotopic (exact) mass is 456 g/mol. The molecule has 10 nitrogen and oxygen atoms in total. The van der Waals surface area contributed by atoms with Crippen LogP contribution < -0.4 is 5.32 Å². The molecule has 0 radical (unpaired) electrons. The third-order valence-electron chi connectivity index (χ3n) is 4.62. The van der Waals surface area contributed by atoms with E-state index >= 15 is 0 Å². The number of thioether (sulfide) groups is 1. The SMILES string of the molecule is CC(=O)N1CCN(C2=NS(=O)(=O)N=C2NCCSCc2ccc(CN(C)C)o2)CC1. The van der Waals surface area contributed by atoms with E-state index in [1.165, 1.54) is 6.92 Å². The molecule has 1 amide bonds. The molecule has 12 heteroatoms. The predicted molar refractivity (Wildman–Crippen MR) is 118 cm³/mol. The van der Waals surface area contributed by atoms with Crippen molar-refractivity contribution in [3.63, 3.8) is 0 Å². The fraction of sp³-hybridized carbons (Fsp3) is 0.611. The van der Waals surface area contributed by atoms with E-state index in [4.69, 9.17) is 4.42 Å². The number of nitrogens with one attached hydrogen (secondary N) is 1. The van der Waals surface area contributed by atoms with Crippen molar-refractivity contribution >= 4 is 39.5 Å².